The van der Waals surface area contributed by atoms with Crippen LogP contribution in [0, 0.1) is 6.92 Å². The Morgan fingerprint density at radius 1 is 1.40 bits per heavy atom. The van der Waals surface area contributed by atoms with Crippen molar-refractivity contribution < 1.29 is 8.42 Å². The fraction of sp³-hybridized carbons (Fsp3) is 0.308. The normalized spacial score (nSPS) is 12.1. The summed E-state index contributed by atoms with van der Waals surface area (Å²) in [5.41, 5.74) is 0.886. The molecule has 0 aliphatic carbocycles. The van der Waals surface area contributed by atoms with E-state index in [-0.39, 0.29) is 11.4 Å². The Kier molecular flexibility index (Phi) is 4.31. The highest BCUT2D eigenvalue weighted by Crippen LogP contribution is 2.22. The van der Waals surface area contributed by atoms with Gasteiger partial charge < -0.3 is 4.57 Å². The molecule has 0 unspecified atom stereocenters. The molecule has 2 aromatic rings. The molecule has 0 aliphatic rings. The zero-order chi connectivity index (χ0) is 14.9. The van der Waals surface area contributed by atoms with E-state index in [0.29, 0.717) is 5.82 Å². The van der Waals surface area contributed by atoms with Crippen molar-refractivity contribution in [2.75, 3.05) is 7.05 Å². The van der Waals surface area contributed by atoms with Crippen LogP contribution in [0.2, 0.25) is 0 Å². The first-order chi connectivity index (χ1) is 9.32. The third-order valence-corrected chi connectivity index (χ3v) is 5.81. The van der Waals surface area contributed by atoms with E-state index in [2.05, 4.69) is 20.9 Å². The second kappa shape index (κ2) is 5.67. The number of hydrogen-bond acceptors (Lipinski definition) is 3. The zero-order valence-corrected chi connectivity index (χ0v) is 13.9. The lowest BCUT2D eigenvalue weighted by Gasteiger charge is -2.17. The van der Waals surface area contributed by atoms with Crippen molar-refractivity contribution in [1.82, 2.24) is 13.9 Å². The van der Waals surface area contributed by atoms with Crippen LogP contribution in [0.25, 0.3) is 0 Å². The Morgan fingerprint density at radius 2 is 2.10 bits per heavy atom. The minimum Gasteiger partial charge on any atom is -0.337 e. The van der Waals surface area contributed by atoms with E-state index in [1.54, 1.807) is 42.2 Å². The maximum absolute atomic E-state index is 12.5. The summed E-state index contributed by atoms with van der Waals surface area (Å²) in [7, 11) is -0.115. The van der Waals surface area contributed by atoms with Gasteiger partial charge in [-0.3, -0.25) is 0 Å². The highest BCUT2D eigenvalue weighted by atomic mass is 79.9. The van der Waals surface area contributed by atoms with Gasteiger partial charge in [0.25, 0.3) is 0 Å². The molecule has 7 heteroatoms. The molecular weight excluding hydrogens is 342 g/mol. The summed E-state index contributed by atoms with van der Waals surface area (Å²) in [6.45, 7) is 2.10. The lowest BCUT2D eigenvalue weighted by atomic mass is 10.2. The fourth-order valence-corrected chi connectivity index (χ4v) is 3.25. The molecule has 0 bridgehead atoms. The Hall–Kier alpha value is -1.18. The average Bonchev–Trinajstić information content (AvgIpc) is 2.78. The van der Waals surface area contributed by atoms with Crippen LogP contribution in [0.15, 0.2) is 40.0 Å². The van der Waals surface area contributed by atoms with Gasteiger partial charge in [0.15, 0.2) is 0 Å². The van der Waals surface area contributed by atoms with Gasteiger partial charge in [0.2, 0.25) is 10.0 Å². The average molecular weight is 358 g/mol. The van der Waals surface area contributed by atoms with Crippen LogP contribution in [0.1, 0.15) is 11.4 Å². The third kappa shape index (κ3) is 2.94. The number of rotatable bonds is 4. The molecule has 0 saturated heterocycles. The van der Waals surface area contributed by atoms with Crippen LogP contribution in [0.4, 0.5) is 0 Å². The molecule has 0 amide bonds. The molecule has 0 atom stereocenters. The molecule has 0 radical (unpaired) electrons. The highest BCUT2D eigenvalue weighted by molar-refractivity contribution is 9.10. The van der Waals surface area contributed by atoms with Crippen molar-refractivity contribution in [3.8, 4) is 0 Å². The van der Waals surface area contributed by atoms with Crippen molar-refractivity contribution in [2.45, 2.75) is 18.4 Å². The van der Waals surface area contributed by atoms with Crippen LogP contribution in [-0.4, -0.2) is 29.3 Å². The molecule has 0 spiro atoms. The summed E-state index contributed by atoms with van der Waals surface area (Å²) in [5.74, 6) is 0.699. The van der Waals surface area contributed by atoms with E-state index in [0.717, 1.165) is 10.0 Å². The van der Waals surface area contributed by atoms with Crippen LogP contribution in [0.3, 0.4) is 0 Å². The van der Waals surface area contributed by atoms with E-state index < -0.39 is 10.0 Å². The molecule has 108 valence electrons. The largest absolute Gasteiger partial charge is 0.337 e. The van der Waals surface area contributed by atoms with E-state index in [4.69, 9.17) is 0 Å². The predicted molar refractivity (Wildman–Crippen MR) is 80.7 cm³/mol. The number of benzene rings is 1. The smallest absolute Gasteiger partial charge is 0.243 e. The standard InChI is InChI=1S/C13H16BrN3O2S/c1-10-8-11(4-5-12(10)14)20(18,19)17(3)9-13-15-6-7-16(13)2/h4-8H,9H2,1-3H3. The lowest BCUT2D eigenvalue weighted by Crippen LogP contribution is -2.27. The third-order valence-electron chi connectivity index (χ3n) is 3.12. The topological polar surface area (TPSA) is 55.2 Å². The minimum absolute atomic E-state index is 0.237. The second-order valence-corrected chi connectivity index (χ2v) is 7.53. The number of halogens is 1. The maximum Gasteiger partial charge on any atom is 0.243 e. The van der Waals surface area contributed by atoms with Crippen molar-refractivity contribution in [3.63, 3.8) is 0 Å². The van der Waals surface area contributed by atoms with Crippen molar-refractivity contribution in [1.29, 1.82) is 0 Å². The van der Waals surface area contributed by atoms with Crippen molar-refractivity contribution in [2.24, 2.45) is 7.05 Å². The van der Waals surface area contributed by atoms with Gasteiger partial charge in [-0.2, -0.15) is 4.31 Å². The molecule has 0 saturated carbocycles. The van der Waals surface area contributed by atoms with Gasteiger partial charge in [0.05, 0.1) is 11.4 Å². The van der Waals surface area contributed by atoms with Gasteiger partial charge in [0.1, 0.15) is 5.82 Å². The fourth-order valence-electron chi connectivity index (χ4n) is 1.79. The zero-order valence-electron chi connectivity index (χ0n) is 11.5. The molecule has 5 nitrogen and oxygen atoms in total. The summed E-state index contributed by atoms with van der Waals surface area (Å²) in [4.78, 5) is 4.43. The van der Waals surface area contributed by atoms with Gasteiger partial charge in [-0.25, -0.2) is 13.4 Å². The Balaban J connectivity index is 2.29. The van der Waals surface area contributed by atoms with E-state index in [1.165, 1.54) is 4.31 Å². The van der Waals surface area contributed by atoms with Crippen LogP contribution >= 0.6 is 15.9 Å². The molecule has 1 heterocycles. The number of aromatic nitrogens is 2. The quantitative estimate of drug-likeness (QED) is 0.843. The summed E-state index contributed by atoms with van der Waals surface area (Å²) in [6.07, 6.45) is 3.44. The molecule has 0 fully saturated rings. The molecular formula is C13H16BrN3O2S. The number of imidazole rings is 1. The predicted octanol–water partition coefficient (Wildman–Crippen LogP) is 2.31. The van der Waals surface area contributed by atoms with E-state index in [1.807, 2.05) is 14.0 Å². The van der Waals surface area contributed by atoms with Crippen molar-refractivity contribution in [3.05, 3.63) is 46.5 Å². The lowest BCUT2D eigenvalue weighted by molar-refractivity contribution is 0.451. The highest BCUT2D eigenvalue weighted by Gasteiger charge is 2.22. The molecule has 1 aromatic heterocycles. The summed E-state index contributed by atoms with van der Waals surface area (Å²) >= 11 is 3.37. The Bertz CT molecular complexity index is 725. The van der Waals surface area contributed by atoms with Gasteiger partial charge in [0, 0.05) is 31.0 Å². The summed E-state index contributed by atoms with van der Waals surface area (Å²) < 4.78 is 29.0. The van der Waals surface area contributed by atoms with Gasteiger partial charge in [-0.05, 0) is 30.7 Å². The van der Waals surface area contributed by atoms with Crippen LogP contribution in [-0.2, 0) is 23.6 Å². The van der Waals surface area contributed by atoms with Gasteiger partial charge >= 0.3 is 0 Å². The Morgan fingerprint density at radius 3 is 2.65 bits per heavy atom. The molecule has 0 aliphatic heterocycles. The van der Waals surface area contributed by atoms with Gasteiger partial charge in [-0.1, -0.05) is 15.9 Å². The monoisotopic (exact) mass is 357 g/mol. The maximum atomic E-state index is 12.5. The number of hydrogen-bond donors (Lipinski definition) is 0. The molecule has 1 aromatic carbocycles. The van der Waals surface area contributed by atoms with Gasteiger partial charge in [-0.15, -0.1) is 0 Å². The molecule has 20 heavy (non-hydrogen) atoms. The molecule has 0 N–H and O–H groups in total. The van der Waals surface area contributed by atoms with Crippen molar-refractivity contribution >= 4 is 26.0 Å². The number of sulfonamides is 1. The summed E-state index contributed by atoms with van der Waals surface area (Å²) in [6, 6.07) is 5.01. The SMILES string of the molecule is Cc1cc(S(=O)(=O)N(C)Cc2nccn2C)ccc1Br. The minimum atomic E-state index is -3.51. The Labute approximate surface area is 127 Å². The summed E-state index contributed by atoms with van der Waals surface area (Å²) in [5, 5.41) is 0. The van der Waals surface area contributed by atoms with Crippen LogP contribution in [0.5, 0.6) is 0 Å². The first kappa shape index (κ1) is 15.2. The number of aryl methyl sites for hydroxylation is 2. The van der Waals surface area contributed by atoms with E-state index in [9.17, 15) is 8.42 Å². The molecule has 2 rings (SSSR count). The van der Waals surface area contributed by atoms with Crippen LogP contribution < -0.4 is 0 Å². The first-order valence-electron chi connectivity index (χ1n) is 6.01. The van der Waals surface area contributed by atoms with E-state index >= 15 is 0 Å². The second-order valence-electron chi connectivity index (χ2n) is 4.63. The number of nitrogens with zero attached hydrogens (tertiary/aromatic N) is 3. The first-order valence-corrected chi connectivity index (χ1v) is 8.24.